The summed E-state index contributed by atoms with van der Waals surface area (Å²) in [7, 11) is 0. The number of halogens is 2. The van der Waals surface area contributed by atoms with Crippen LogP contribution in [0.1, 0.15) is 19.3 Å². The summed E-state index contributed by atoms with van der Waals surface area (Å²) in [4.78, 5) is 4.94. The zero-order valence-electron chi connectivity index (χ0n) is 11.5. The summed E-state index contributed by atoms with van der Waals surface area (Å²) in [5, 5.41) is 8.00. The van der Waals surface area contributed by atoms with Gasteiger partial charge in [0, 0.05) is 0 Å². The first-order chi connectivity index (χ1) is 10.1. The molecule has 0 aromatic rings. The van der Waals surface area contributed by atoms with Crippen LogP contribution in [0.4, 0.5) is 0 Å². The molecule has 0 amide bonds. The van der Waals surface area contributed by atoms with Crippen molar-refractivity contribution in [2.24, 2.45) is 34.4 Å². The molecule has 6 nitrogen and oxygen atoms in total. The van der Waals surface area contributed by atoms with Crippen LogP contribution in [0.25, 0.3) is 0 Å². The van der Waals surface area contributed by atoms with Crippen molar-refractivity contribution in [1.29, 1.82) is 5.41 Å². The van der Waals surface area contributed by atoms with Crippen molar-refractivity contribution in [2.75, 3.05) is 6.61 Å². The first kappa shape index (κ1) is 13.7. The van der Waals surface area contributed by atoms with Crippen molar-refractivity contribution in [3.63, 3.8) is 0 Å². The van der Waals surface area contributed by atoms with Gasteiger partial charge in [0.2, 0.25) is 0 Å². The van der Waals surface area contributed by atoms with Crippen LogP contribution in [0.15, 0.2) is 4.99 Å². The molecule has 0 aromatic heterocycles. The Hall–Kier alpha value is 0.320. The monoisotopic (exact) mass is 515 g/mol. The molecule has 3 aliphatic carbocycles. The molecule has 8 heteroatoms. The second-order valence-electron chi connectivity index (χ2n) is 6.77. The van der Waals surface area contributed by atoms with Gasteiger partial charge in [-0.05, 0) is 0 Å². The molecule has 3 saturated carbocycles. The average Bonchev–Trinajstić information content (AvgIpc) is 3.30. The van der Waals surface area contributed by atoms with Gasteiger partial charge in [0.05, 0.1) is 0 Å². The van der Waals surface area contributed by atoms with Gasteiger partial charge in [0.1, 0.15) is 0 Å². The summed E-state index contributed by atoms with van der Waals surface area (Å²) in [6.07, 6.45) is 3.56. The summed E-state index contributed by atoms with van der Waals surface area (Å²) in [5.41, 5.74) is 6.31. The number of nitrogens with zero attached hydrogens (tertiary/aromatic N) is 1. The average molecular weight is 515 g/mol. The fourth-order valence-corrected chi connectivity index (χ4v) is 12.1. The van der Waals surface area contributed by atoms with Crippen LogP contribution in [0.3, 0.4) is 0 Å². The van der Waals surface area contributed by atoms with Gasteiger partial charge in [-0.3, -0.25) is 0 Å². The number of nitrogens with one attached hydrogen (secondary N) is 3. The number of fused-ring (bicyclic) bond motifs is 3. The van der Waals surface area contributed by atoms with Crippen LogP contribution in [0, 0.1) is 29.1 Å². The Morgan fingerprint density at radius 2 is 2.24 bits per heavy atom. The number of hydrogen-bond acceptors (Lipinski definition) is 5. The van der Waals surface area contributed by atoms with Crippen molar-refractivity contribution in [2.45, 2.75) is 32.9 Å². The Kier molecular flexibility index (Phi) is 2.90. The van der Waals surface area contributed by atoms with E-state index in [1.165, 1.54) is 12.8 Å². The van der Waals surface area contributed by atoms with E-state index in [-0.39, 0.29) is 3.67 Å². The zero-order valence-corrected chi connectivity index (χ0v) is 15.8. The van der Waals surface area contributed by atoms with Gasteiger partial charge in [-0.1, -0.05) is 0 Å². The van der Waals surface area contributed by atoms with Gasteiger partial charge < -0.3 is 0 Å². The Labute approximate surface area is 145 Å². The van der Waals surface area contributed by atoms with Crippen LogP contribution < -0.4 is 12.8 Å². The van der Waals surface area contributed by atoms with E-state index in [0.717, 1.165) is 18.9 Å². The van der Waals surface area contributed by atoms with E-state index in [9.17, 15) is 0 Å². The Morgan fingerprint density at radius 3 is 2.95 bits per heavy atom. The van der Waals surface area contributed by atoms with Crippen LogP contribution in [0.5, 0.6) is 0 Å². The van der Waals surface area contributed by atoms with E-state index in [1.807, 2.05) is 0 Å². The van der Waals surface area contributed by atoms with Crippen molar-refractivity contribution >= 4 is 54.7 Å². The minimum absolute atomic E-state index is 0.215. The van der Waals surface area contributed by atoms with Gasteiger partial charge >= 0.3 is 146 Å². The number of amidine groups is 1. The molecule has 0 radical (unpaired) electrons. The number of hydrogen-bond donors (Lipinski definition) is 4. The van der Waals surface area contributed by atoms with E-state index in [0.29, 0.717) is 39.5 Å². The van der Waals surface area contributed by atoms with E-state index in [2.05, 4.69) is 29.7 Å². The molecule has 6 atom stereocenters. The molecule has 6 fully saturated rings. The Balaban J connectivity index is 1.37. The molecule has 6 unspecified atom stereocenters. The molecule has 2 bridgehead atoms. The molecule has 21 heavy (non-hydrogen) atoms. The summed E-state index contributed by atoms with van der Waals surface area (Å²) in [6, 6.07) is 0.355. The third kappa shape index (κ3) is 1.87. The fraction of sp³-hybridized carbons (Fsp3) is 0.846. The van der Waals surface area contributed by atoms with E-state index in [1.54, 1.807) is 0 Å². The van der Waals surface area contributed by atoms with E-state index >= 15 is 0 Å². The van der Waals surface area contributed by atoms with E-state index < -0.39 is 20.4 Å². The third-order valence-electron chi connectivity index (χ3n) is 5.78. The molecule has 0 spiro atoms. The normalized spacial score (nSPS) is 48.4. The molecule has 6 aliphatic rings. The summed E-state index contributed by atoms with van der Waals surface area (Å²) >= 11 is 1.49. The first-order valence-corrected chi connectivity index (χ1v) is 12.0. The number of ether oxygens (including phenoxy) is 1. The predicted octanol–water partition coefficient (Wildman–Crippen LogP) is 1.38. The van der Waals surface area contributed by atoms with Gasteiger partial charge in [0.25, 0.3) is 0 Å². The number of rotatable bonds is 3. The SMILES string of the molecule is N=C1OCC2C3CCC(CC3N=C(N)C(I)C34NI3N4)C12. The first-order valence-electron chi connectivity index (χ1n) is 7.54. The number of alkyl halides is 2. The molecule has 6 rings (SSSR count). The molecule has 3 saturated heterocycles. The standard InChI is InChI=1S/C13H19I2N5O/c14-10(13-15(19-13)20-13)11(16)18-8-3-5-1-2-6(8)7-4-21-12(17)9(5)7/h5-10,17,19-20H,1-4H2,(H2,16,18). The summed E-state index contributed by atoms with van der Waals surface area (Å²) in [5.74, 6) is 3.39. The van der Waals surface area contributed by atoms with Crippen molar-refractivity contribution < 1.29 is 4.74 Å². The summed E-state index contributed by atoms with van der Waals surface area (Å²) in [6.45, 7) is 0.729. The maximum absolute atomic E-state index is 8.00. The number of nitrogens with two attached hydrogens (primary N) is 1. The van der Waals surface area contributed by atoms with Gasteiger partial charge in [-0.15, -0.1) is 0 Å². The van der Waals surface area contributed by atoms with Crippen LogP contribution in [0.2, 0.25) is 0 Å². The maximum atomic E-state index is 8.00. The topological polar surface area (TPSA) is 115 Å². The Bertz CT molecular complexity index is 549. The van der Waals surface area contributed by atoms with Crippen molar-refractivity contribution in [1.82, 2.24) is 7.06 Å². The quantitative estimate of drug-likeness (QED) is 0.0866. The second-order valence-corrected chi connectivity index (χ2v) is 12.4. The van der Waals surface area contributed by atoms with Gasteiger partial charge in [0.15, 0.2) is 0 Å². The molecule has 116 valence electrons. The van der Waals surface area contributed by atoms with Crippen molar-refractivity contribution in [3.05, 3.63) is 0 Å². The zero-order chi connectivity index (χ0) is 14.4. The van der Waals surface area contributed by atoms with Crippen molar-refractivity contribution in [3.8, 4) is 0 Å². The molecule has 5 N–H and O–H groups in total. The predicted molar refractivity (Wildman–Crippen MR) is 97.7 cm³/mol. The Morgan fingerprint density at radius 1 is 1.48 bits per heavy atom. The molecule has 3 heterocycles. The summed E-state index contributed by atoms with van der Waals surface area (Å²) < 4.78 is 13.1. The second kappa shape index (κ2) is 4.44. The molecular weight excluding hydrogens is 496 g/mol. The number of aliphatic imine (C=N–C) groups is 1. The third-order valence-corrected chi connectivity index (χ3v) is 13.1. The molecule has 0 aromatic carbocycles. The minimum atomic E-state index is -0.946. The van der Waals surface area contributed by atoms with E-state index in [4.69, 9.17) is 20.9 Å². The van der Waals surface area contributed by atoms with Crippen LogP contribution >= 0.6 is 43.0 Å². The molecular formula is C13H19I2N5O. The molecule has 3 aliphatic heterocycles. The van der Waals surface area contributed by atoms with Crippen LogP contribution in [-0.2, 0) is 4.74 Å². The fourth-order valence-electron chi connectivity index (χ4n) is 4.60. The van der Waals surface area contributed by atoms with Gasteiger partial charge in [-0.2, -0.15) is 0 Å². The van der Waals surface area contributed by atoms with Crippen LogP contribution in [-0.4, -0.2) is 32.0 Å². The van der Waals surface area contributed by atoms with Gasteiger partial charge in [-0.25, -0.2) is 0 Å².